The van der Waals surface area contributed by atoms with Crippen molar-refractivity contribution in [3.63, 3.8) is 0 Å². The smallest absolute Gasteiger partial charge is 0.265 e. The lowest BCUT2D eigenvalue weighted by Gasteiger charge is -2.29. The molecule has 0 saturated heterocycles. The Morgan fingerprint density at radius 1 is 1.07 bits per heavy atom. The Labute approximate surface area is 172 Å². The van der Waals surface area contributed by atoms with Gasteiger partial charge < -0.3 is 19.7 Å². The molecule has 0 fully saturated rings. The first-order chi connectivity index (χ1) is 14.1. The van der Waals surface area contributed by atoms with E-state index in [0.29, 0.717) is 40.8 Å². The van der Waals surface area contributed by atoms with Gasteiger partial charge in [-0.25, -0.2) is 0 Å². The van der Waals surface area contributed by atoms with Gasteiger partial charge in [-0.1, -0.05) is 30.3 Å². The third kappa shape index (κ3) is 4.25. The van der Waals surface area contributed by atoms with Crippen LogP contribution in [-0.2, 0) is 0 Å². The summed E-state index contributed by atoms with van der Waals surface area (Å²) < 4.78 is 11.7. The largest absolute Gasteiger partial charge is 0.486 e. The van der Waals surface area contributed by atoms with Crippen LogP contribution in [0.25, 0.3) is 0 Å². The molecule has 2 aromatic carbocycles. The fourth-order valence-electron chi connectivity index (χ4n) is 3.12. The van der Waals surface area contributed by atoms with Gasteiger partial charge >= 0.3 is 0 Å². The second-order valence-corrected chi connectivity index (χ2v) is 7.61. The van der Waals surface area contributed by atoms with Crippen molar-refractivity contribution in [1.29, 1.82) is 0 Å². The Bertz CT molecular complexity index is 1020. The van der Waals surface area contributed by atoms with Crippen LogP contribution in [0.1, 0.15) is 20.0 Å². The molecule has 0 aliphatic carbocycles. The predicted octanol–water partition coefficient (Wildman–Crippen LogP) is 3.91. The average molecular weight is 408 g/mol. The van der Waals surface area contributed by atoms with Crippen molar-refractivity contribution in [2.75, 3.05) is 25.5 Å². The SMILES string of the molecule is CN(C[C@@H]1COc2ccccc2O1)C(=O)c1ccccc1NC(=O)c1cccs1. The zero-order valence-corrected chi connectivity index (χ0v) is 16.6. The number of nitrogens with one attached hydrogen (secondary N) is 1. The van der Waals surface area contributed by atoms with Crippen molar-refractivity contribution in [2.24, 2.45) is 0 Å². The second kappa shape index (κ2) is 8.36. The van der Waals surface area contributed by atoms with Crippen LogP contribution >= 0.6 is 11.3 Å². The van der Waals surface area contributed by atoms with Crippen molar-refractivity contribution in [1.82, 2.24) is 4.90 Å². The summed E-state index contributed by atoms with van der Waals surface area (Å²) in [6.45, 7) is 0.728. The summed E-state index contributed by atoms with van der Waals surface area (Å²) in [7, 11) is 1.71. The Hall–Kier alpha value is -3.32. The molecule has 1 N–H and O–H groups in total. The molecule has 1 aliphatic rings. The lowest BCUT2D eigenvalue weighted by Crippen LogP contribution is -2.42. The first-order valence-corrected chi connectivity index (χ1v) is 10.1. The van der Waals surface area contributed by atoms with E-state index in [0.717, 1.165) is 0 Å². The van der Waals surface area contributed by atoms with Gasteiger partial charge in [0.15, 0.2) is 17.6 Å². The molecule has 29 heavy (non-hydrogen) atoms. The van der Waals surface area contributed by atoms with E-state index in [9.17, 15) is 9.59 Å². The average Bonchev–Trinajstić information content (AvgIpc) is 3.29. The maximum atomic E-state index is 13.0. The summed E-state index contributed by atoms with van der Waals surface area (Å²) in [5.41, 5.74) is 0.908. The lowest BCUT2D eigenvalue weighted by atomic mass is 10.1. The van der Waals surface area contributed by atoms with E-state index in [-0.39, 0.29) is 17.9 Å². The summed E-state index contributed by atoms with van der Waals surface area (Å²) in [6, 6.07) is 18.0. The quantitative estimate of drug-likeness (QED) is 0.695. The van der Waals surface area contributed by atoms with E-state index >= 15 is 0 Å². The van der Waals surface area contributed by atoms with Crippen molar-refractivity contribution in [3.05, 3.63) is 76.5 Å². The Morgan fingerprint density at radius 2 is 1.83 bits per heavy atom. The number of para-hydroxylation sites is 3. The highest BCUT2D eigenvalue weighted by Crippen LogP contribution is 2.31. The Morgan fingerprint density at radius 3 is 2.62 bits per heavy atom. The lowest BCUT2D eigenvalue weighted by molar-refractivity contribution is 0.0521. The molecule has 4 rings (SSSR count). The van der Waals surface area contributed by atoms with Gasteiger partial charge in [0.25, 0.3) is 11.8 Å². The third-order valence-corrected chi connectivity index (χ3v) is 5.41. The molecule has 0 radical (unpaired) electrons. The minimum Gasteiger partial charge on any atom is -0.486 e. The maximum absolute atomic E-state index is 13.0. The maximum Gasteiger partial charge on any atom is 0.265 e. The molecule has 0 unspecified atom stereocenters. The summed E-state index contributed by atoms with van der Waals surface area (Å²) in [6.07, 6.45) is -0.272. The van der Waals surface area contributed by atoms with Crippen molar-refractivity contribution in [3.8, 4) is 11.5 Å². The van der Waals surface area contributed by atoms with Crippen molar-refractivity contribution < 1.29 is 19.1 Å². The number of nitrogens with zero attached hydrogens (tertiary/aromatic N) is 1. The van der Waals surface area contributed by atoms with Gasteiger partial charge in [-0.05, 0) is 35.7 Å². The fraction of sp³-hybridized carbons (Fsp3) is 0.182. The van der Waals surface area contributed by atoms with Crippen molar-refractivity contribution in [2.45, 2.75) is 6.10 Å². The van der Waals surface area contributed by atoms with E-state index < -0.39 is 0 Å². The molecule has 2 amide bonds. The number of amides is 2. The molecule has 3 aromatic rings. The van der Waals surface area contributed by atoms with Crippen LogP contribution in [-0.4, -0.2) is 43.0 Å². The normalized spacial score (nSPS) is 14.9. The summed E-state index contributed by atoms with van der Waals surface area (Å²) in [5, 5.41) is 4.67. The second-order valence-electron chi connectivity index (χ2n) is 6.66. The summed E-state index contributed by atoms with van der Waals surface area (Å²) in [5.74, 6) is 0.950. The van der Waals surface area contributed by atoms with E-state index in [2.05, 4.69) is 5.32 Å². The molecular weight excluding hydrogens is 388 g/mol. The van der Waals surface area contributed by atoms with E-state index in [4.69, 9.17) is 9.47 Å². The first kappa shape index (κ1) is 19.0. The van der Waals surface area contributed by atoms with Crippen LogP contribution in [0.2, 0.25) is 0 Å². The number of hydrogen-bond acceptors (Lipinski definition) is 5. The molecule has 0 saturated carbocycles. The Balaban J connectivity index is 1.45. The molecule has 6 nitrogen and oxygen atoms in total. The molecule has 7 heteroatoms. The van der Waals surface area contributed by atoms with Gasteiger partial charge in [-0.15, -0.1) is 11.3 Å². The fourth-order valence-corrected chi connectivity index (χ4v) is 3.74. The minimum absolute atomic E-state index is 0.200. The zero-order valence-electron chi connectivity index (χ0n) is 15.8. The number of anilines is 1. The number of fused-ring (bicyclic) bond motifs is 1. The highest BCUT2D eigenvalue weighted by Gasteiger charge is 2.25. The number of rotatable bonds is 5. The number of carbonyl (C=O) groups excluding carboxylic acids is 2. The van der Waals surface area contributed by atoms with Crippen LogP contribution in [0.5, 0.6) is 11.5 Å². The van der Waals surface area contributed by atoms with Gasteiger partial charge in [0.05, 0.1) is 22.7 Å². The van der Waals surface area contributed by atoms with Gasteiger partial charge in [0.1, 0.15) is 6.61 Å². The summed E-state index contributed by atoms with van der Waals surface area (Å²) >= 11 is 1.35. The number of thiophene rings is 1. The van der Waals surface area contributed by atoms with E-state index in [1.54, 1.807) is 42.3 Å². The molecule has 1 aliphatic heterocycles. The highest BCUT2D eigenvalue weighted by atomic mass is 32.1. The molecule has 1 aromatic heterocycles. The van der Waals surface area contributed by atoms with Gasteiger partial charge in [-0.3, -0.25) is 9.59 Å². The third-order valence-electron chi connectivity index (χ3n) is 4.54. The van der Waals surface area contributed by atoms with Crippen molar-refractivity contribution >= 4 is 28.8 Å². The standard InChI is InChI=1S/C22H20N2O4S/c1-24(13-15-14-27-18-9-4-5-10-19(18)28-15)22(26)16-7-2-3-8-17(16)23-21(25)20-11-6-12-29-20/h2-12,15H,13-14H2,1H3,(H,23,25)/t15-/m1/s1. The van der Waals surface area contributed by atoms with Crippen LogP contribution in [0, 0.1) is 0 Å². The monoisotopic (exact) mass is 408 g/mol. The van der Waals surface area contributed by atoms with Crippen LogP contribution in [0.15, 0.2) is 66.0 Å². The molecule has 0 bridgehead atoms. The van der Waals surface area contributed by atoms with Crippen LogP contribution in [0.3, 0.4) is 0 Å². The van der Waals surface area contributed by atoms with E-state index in [1.807, 2.05) is 35.7 Å². The summed E-state index contributed by atoms with van der Waals surface area (Å²) in [4.78, 5) is 27.6. The molecule has 0 spiro atoms. The van der Waals surface area contributed by atoms with Gasteiger partial charge in [0.2, 0.25) is 0 Å². The minimum atomic E-state index is -0.272. The molecular formula is C22H20N2O4S. The number of benzene rings is 2. The molecule has 2 heterocycles. The number of likely N-dealkylation sites (N-methyl/N-ethyl adjacent to an activating group) is 1. The number of ether oxygens (including phenoxy) is 2. The zero-order chi connectivity index (χ0) is 20.2. The topological polar surface area (TPSA) is 67.9 Å². The molecule has 1 atom stereocenters. The highest BCUT2D eigenvalue weighted by molar-refractivity contribution is 7.12. The predicted molar refractivity (Wildman–Crippen MR) is 112 cm³/mol. The first-order valence-electron chi connectivity index (χ1n) is 9.19. The van der Waals surface area contributed by atoms with E-state index in [1.165, 1.54) is 11.3 Å². The Kier molecular flexibility index (Phi) is 5.48. The number of carbonyl (C=O) groups is 2. The van der Waals surface area contributed by atoms with Gasteiger partial charge in [-0.2, -0.15) is 0 Å². The van der Waals surface area contributed by atoms with Crippen LogP contribution in [0.4, 0.5) is 5.69 Å². The van der Waals surface area contributed by atoms with Gasteiger partial charge in [0, 0.05) is 7.05 Å². The number of hydrogen-bond donors (Lipinski definition) is 1. The van der Waals surface area contributed by atoms with Crippen LogP contribution < -0.4 is 14.8 Å². The molecule has 148 valence electrons.